The minimum atomic E-state index is 0.0317. The van der Waals surface area contributed by atoms with Crippen LogP contribution in [-0.2, 0) is 4.79 Å². The summed E-state index contributed by atoms with van der Waals surface area (Å²) in [5.41, 5.74) is 3.44. The molecule has 3 aromatic carbocycles. The Hall–Kier alpha value is -2.47. The summed E-state index contributed by atoms with van der Waals surface area (Å²) >= 11 is 3.44. The number of hydrogen-bond acceptors (Lipinski definition) is 3. The lowest BCUT2D eigenvalue weighted by Crippen LogP contribution is -2.49. The van der Waals surface area contributed by atoms with Crippen LogP contribution in [0.5, 0.6) is 0 Å². The zero-order valence-electron chi connectivity index (χ0n) is 16.9. The first-order valence-electron chi connectivity index (χ1n) is 10.3. The van der Waals surface area contributed by atoms with Gasteiger partial charge in [0, 0.05) is 36.3 Å². The van der Waals surface area contributed by atoms with Crippen molar-refractivity contribution in [2.45, 2.75) is 6.04 Å². The first-order chi connectivity index (χ1) is 14.7. The van der Waals surface area contributed by atoms with E-state index in [1.807, 2.05) is 24.3 Å². The van der Waals surface area contributed by atoms with Gasteiger partial charge >= 0.3 is 0 Å². The summed E-state index contributed by atoms with van der Waals surface area (Å²) in [5, 5.41) is 2.99. The molecule has 0 atom stereocenters. The molecule has 0 saturated carbocycles. The zero-order chi connectivity index (χ0) is 20.8. The van der Waals surface area contributed by atoms with E-state index in [1.54, 1.807) is 0 Å². The summed E-state index contributed by atoms with van der Waals surface area (Å²) in [6.07, 6.45) is 0. The van der Waals surface area contributed by atoms with E-state index in [2.05, 4.69) is 91.7 Å². The predicted molar refractivity (Wildman–Crippen MR) is 126 cm³/mol. The van der Waals surface area contributed by atoms with Gasteiger partial charge < -0.3 is 5.32 Å². The van der Waals surface area contributed by atoms with Crippen molar-refractivity contribution in [1.29, 1.82) is 0 Å². The van der Waals surface area contributed by atoms with Gasteiger partial charge in [-0.3, -0.25) is 14.6 Å². The Morgan fingerprint density at radius 2 is 1.43 bits per heavy atom. The Balaban J connectivity index is 1.38. The molecule has 3 aromatic rings. The van der Waals surface area contributed by atoms with Crippen LogP contribution in [0.1, 0.15) is 17.2 Å². The van der Waals surface area contributed by atoms with Crippen LogP contribution in [0.3, 0.4) is 0 Å². The van der Waals surface area contributed by atoms with Crippen molar-refractivity contribution in [3.05, 3.63) is 101 Å². The third kappa shape index (κ3) is 5.36. The van der Waals surface area contributed by atoms with Crippen molar-refractivity contribution in [1.82, 2.24) is 9.80 Å². The number of piperazine rings is 1. The predicted octanol–water partition coefficient (Wildman–Crippen LogP) is 4.79. The molecule has 0 bridgehead atoms. The van der Waals surface area contributed by atoms with Crippen LogP contribution < -0.4 is 5.32 Å². The normalized spacial score (nSPS) is 15.3. The molecule has 0 spiro atoms. The maximum atomic E-state index is 12.5. The highest BCUT2D eigenvalue weighted by molar-refractivity contribution is 9.10. The van der Waals surface area contributed by atoms with Gasteiger partial charge in [-0.25, -0.2) is 0 Å². The first-order valence-corrected chi connectivity index (χ1v) is 11.1. The molecular weight excluding hydrogens is 438 g/mol. The number of benzene rings is 3. The van der Waals surface area contributed by atoms with Gasteiger partial charge in [0.15, 0.2) is 0 Å². The Kier molecular flexibility index (Phi) is 6.95. The fraction of sp³-hybridized carbons (Fsp3) is 0.240. The number of anilines is 1. The first kappa shape index (κ1) is 20.8. The van der Waals surface area contributed by atoms with Gasteiger partial charge in [-0.1, -0.05) is 82.7 Å². The summed E-state index contributed by atoms with van der Waals surface area (Å²) < 4.78 is 0.960. The molecule has 30 heavy (non-hydrogen) atoms. The average Bonchev–Trinajstić information content (AvgIpc) is 2.77. The van der Waals surface area contributed by atoms with Crippen molar-refractivity contribution in [2.24, 2.45) is 0 Å². The average molecular weight is 464 g/mol. The number of amides is 1. The Morgan fingerprint density at radius 1 is 0.833 bits per heavy atom. The molecule has 4 rings (SSSR count). The number of halogens is 1. The lowest BCUT2D eigenvalue weighted by molar-refractivity contribution is -0.117. The highest BCUT2D eigenvalue weighted by Gasteiger charge is 2.27. The highest BCUT2D eigenvalue weighted by Crippen LogP contribution is 2.29. The van der Waals surface area contributed by atoms with E-state index < -0.39 is 0 Å². The van der Waals surface area contributed by atoms with Gasteiger partial charge in [-0.2, -0.15) is 0 Å². The lowest BCUT2D eigenvalue weighted by atomic mass is 9.96. The highest BCUT2D eigenvalue weighted by atomic mass is 79.9. The molecule has 0 unspecified atom stereocenters. The van der Waals surface area contributed by atoms with Gasteiger partial charge in [-0.15, -0.1) is 0 Å². The monoisotopic (exact) mass is 463 g/mol. The SMILES string of the molecule is O=C(CN1CCN(C(c2ccccc2)c2ccccc2)CC1)Nc1cccc(Br)c1. The third-order valence-corrected chi connectivity index (χ3v) is 5.97. The summed E-state index contributed by atoms with van der Waals surface area (Å²) in [5.74, 6) is 0.0317. The van der Waals surface area contributed by atoms with Crippen LogP contribution in [0.2, 0.25) is 0 Å². The number of nitrogens with zero attached hydrogens (tertiary/aromatic N) is 2. The van der Waals surface area contributed by atoms with E-state index in [4.69, 9.17) is 0 Å². The number of rotatable bonds is 6. The van der Waals surface area contributed by atoms with Crippen LogP contribution in [0.15, 0.2) is 89.4 Å². The van der Waals surface area contributed by atoms with E-state index in [0.29, 0.717) is 6.54 Å². The lowest BCUT2D eigenvalue weighted by Gasteiger charge is -2.39. The maximum absolute atomic E-state index is 12.5. The van der Waals surface area contributed by atoms with E-state index in [9.17, 15) is 4.79 Å². The standard InChI is InChI=1S/C25H26BrN3O/c26-22-12-7-13-23(18-22)27-24(30)19-28-14-16-29(17-15-28)25(20-8-3-1-4-9-20)21-10-5-2-6-11-21/h1-13,18,25H,14-17,19H2,(H,27,30). The Morgan fingerprint density at radius 3 is 2.00 bits per heavy atom. The van der Waals surface area contributed by atoms with Crippen LogP contribution in [-0.4, -0.2) is 48.4 Å². The molecular formula is C25H26BrN3O. The fourth-order valence-corrected chi connectivity index (χ4v) is 4.43. The molecule has 0 aromatic heterocycles. The molecule has 5 heteroatoms. The topological polar surface area (TPSA) is 35.6 Å². The third-order valence-electron chi connectivity index (χ3n) is 5.48. The second-order valence-electron chi connectivity index (χ2n) is 7.59. The largest absolute Gasteiger partial charge is 0.325 e. The second kappa shape index (κ2) is 10.0. The summed E-state index contributed by atoms with van der Waals surface area (Å²) in [6.45, 7) is 4.03. The van der Waals surface area contributed by atoms with Crippen LogP contribution in [0.4, 0.5) is 5.69 Å². The molecule has 0 radical (unpaired) electrons. The van der Waals surface area contributed by atoms with E-state index in [0.717, 1.165) is 36.3 Å². The van der Waals surface area contributed by atoms with Crippen LogP contribution >= 0.6 is 15.9 Å². The summed E-state index contributed by atoms with van der Waals surface area (Å²) in [6, 6.07) is 29.3. The van der Waals surface area contributed by atoms with Gasteiger partial charge in [0.05, 0.1) is 12.6 Å². The molecule has 1 aliphatic rings. The van der Waals surface area contributed by atoms with Gasteiger partial charge in [0.25, 0.3) is 0 Å². The molecule has 4 nitrogen and oxygen atoms in total. The van der Waals surface area contributed by atoms with Crippen molar-refractivity contribution in [3.8, 4) is 0 Å². The quantitative estimate of drug-likeness (QED) is 0.570. The Labute approximate surface area is 186 Å². The minimum absolute atomic E-state index is 0.0317. The van der Waals surface area contributed by atoms with Crippen molar-refractivity contribution < 1.29 is 4.79 Å². The van der Waals surface area contributed by atoms with Crippen LogP contribution in [0, 0.1) is 0 Å². The molecule has 1 saturated heterocycles. The molecule has 154 valence electrons. The van der Waals surface area contributed by atoms with E-state index >= 15 is 0 Å². The fourth-order valence-electron chi connectivity index (χ4n) is 4.03. The van der Waals surface area contributed by atoms with Crippen molar-refractivity contribution in [3.63, 3.8) is 0 Å². The van der Waals surface area contributed by atoms with E-state index in [1.165, 1.54) is 11.1 Å². The number of nitrogens with one attached hydrogen (secondary N) is 1. The minimum Gasteiger partial charge on any atom is -0.325 e. The summed E-state index contributed by atoms with van der Waals surface area (Å²) in [4.78, 5) is 17.2. The molecule has 0 aliphatic carbocycles. The van der Waals surface area contributed by atoms with Gasteiger partial charge in [0.2, 0.25) is 5.91 Å². The summed E-state index contributed by atoms with van der Waals surface area (Å²) in [7, 11) is 0. The van der Waals surface area contributed by atoms with Gasteiger partial charge in [0.1, 0.15) is 0 Å². The zero-order valence-corrected chi connectivity index (χ0v) is 18.5. The molecule has 1 amide bonds. The molecule has 1 fully saturated rings. The molecule has 1 heterocycles. The van der Waals surface area contributed by atoms with Crippen molar-refractivity contribution in [2.75, 3.05) is 38.0 Å². The second-order valence-corrected chi connectivity index (χ2v) is 8.51. The smallest absolute Gasteiger partial charge is 0.238 e. The number of hydrogen-bond donors (Lipinski definition) is 1. The van der Waals surface area contributed by atoms with Crippen LogP contribution in [0.25, 0.3) is 0 Å². The number of carbonyl (C=O) groups is 1. The Bertz CT molecular complexity index is 917. The molecule has 1 aliphatic heterocycles. The van der Waals surface area contributed by atoms with Crippen molar-refractivity contribution >= 4 is 27.5 Å². The maximum Gasteiger partial charge on any atom is 0.238 e. The van der Waals surface area contributed by atoms with E-state index in [-0.39, 0.29) is 11.9 Å². The number of carbonyl (C=O) groups excluding carboxylic acids is 1. The van der Waals surface area contributed by atoms with Gasteiger partial charge in [-0.05, 0) is 29.3 Å². The molecule has 1 N–H and O–H groups in total.